The summed E-state index contributed by atoms with van der Waals surface area (Å²) in [6, 6.07) is 8.12. The van der Waals surface area contributed by atoms with Gasteiger partial charge in [-0.05, 0) is 69.1 Å². The van der Waals surface area contributed by atoms with Crippen LogP contribution in [-0.2, 0) is 10.2 Å². The number of anilines is 1. The lowest BCUT2D eigenvalue weighted by Crippen LogP contribution is -2.54. The lowest BCUT2D eigenvalue weighted by Gasteiger charge is -2.47. The second-order valence-corrected chi connectivity index (χ2v) is 9.51. The highest BCUT2D eigenvalue weighted by Crippen LogP contribution is 2.51. The van der Waals surface area contributed by atoms with Gasteiger partial charge in [0.05, 0.1) is 19.9 Å². The quantitative estimate of drug-likeness (QED) is 0.515. The van der Waals surface area contributed by atoms with Crippen molar-refractivity contribution in [3.05, 3.63) is 53.6 Å². The molecule has 13 heteroatoms. The first kappa shape index (κ1) is 29.9. The van der Waals surface area contributed by atoms with Crippen LogP contribution in [0.5, 0.6) is 11.5 Å². The number of hydrogen-bond acceptors (Lipinski definition) is 5. The number of alkyl halides is 3. The summed E-state index contributed by atoms with van der Waals surface area (Å²) in [5, 5.41) is 7.12. The highest BCUT2D eigenvalue weighted by Gasteiger charge is 2.52. The first-order valence-electron chi connectivity index (χ1n) is 12.0. The molecule has 8 nitrogen and oxygen atoms in total. The number of rotatable bonds is 5. The number of fused-ring (bicyclic) bond motifs is 1. The zero-order chi connectivity index (χ0) is 29.1. The summed E-state index contributed by atoms with van der Waals surface area (Å²) < 4.78 is 71.0. The van der Waals surface area contributed by atoms with Gasteiger partial charge in [0, 0.05) is 23.6 Å². The Morgan fingerprint density at radius 2 is 1.72 bits per heavy atom. The van der Waals surface area contributed by atoms with Crippen molar-refractivity contribution >= 4 is 17.7 Å². The smallest absolute Gasteiger partial charge is 0.490 e. The van der Waals surface area contributed by atoms with E-state index in [4.69, 9.17) is 25.1 Å². The topological polar surface area (TPSA) is 105 Å². The summed E-state index contributed by atoms with van der Waals surface area (Å²) in [5.74, 6) is -2.68. The molecule has 2 amide bonds. The molecule has 0 radical (unpaired) electrons. The number of primary amides is 1. The van der Waals surface area contributed by atoms with E-state index >= 15 is 0 Å². The maximum atomic E-state index is 14.5. The van der Waals surface area contributed by atoms with E-state index in [1.165, 1.54) is 4.90 Å². The molecule has 0 unspecified atom stereocenters. The predicted molar refractivity (Wildman–Crippen MR) is 132 cm³/mol. The van der Waals surface area contributed by atoms with E-state index < -0.39 is 29.8 Å². The van der Waals surface area contributed by atoms with Gasteiger partial charge in [-0.3, -0.25) is 4.90 Å². The van der Waals surface area contributed by atoms with Crippen molar-refractivity contribution in [1.82, 2.24) is 4.90 Å². The van der Waals surface area contributed by atoms with Crippen LogP contribution >= 0.6 is 0 Å². The molecular weight excluding hydrogens is 529 g/mol. The minimum absolute atomic E-state index is 0.109. The Hall–Kier alpha value is -3.61. The fourth-order valence-electron chi connectivity index (χ4n) is 5.64. The number of carboxylic acid groups (broad SMARTS) is 1. The van der Waals surface area contributed by atoms with Crippen LogP contribution in [0.3, 0.4) is 0 Å². The number of ether oxygens (including phenoxy) is 2. The fourth-order valence-corrected chi connectivity index (χ4v) is 5.64. The maximum absolute atomic E-state index is 14.5. The lowest BCUT2D eigenvalue weighted by atomic mass is 9.64. The molecule has 3 atom stereocenters. The Morgan fingerprint density at radius 1 is 1.08 bits per heavy atom. The van der Waals surface area contributed by atoms with E-state index in [1.807, 2.05) is 12.1 Å². The fraction of sp³-hybridized carbons (Fsp3) is 0.462. The number of nitrogens with two attached hydrogens (primary N) is 1. The first-order valence-corrected chi connectivity index (χ1v) is 12.0. The molecule has 3 N–H and O–H groups in total. The molecule has 2 aliphatic rings. The van der Waals surface area contributed by atoms with Gasteiger partial charge in [0.25, 0.3) is 0 Å². The van der Waals surface area contributed by atoms with Crippen molar-refractivity contribution in [2.24, 2.45) is 5.73 Å². The van der Waals surface area contributed by atoms with Crippen molar-refractivity contribution in [2.75, 3.05) is 32.7 Å². The third-order valence-corrected chi connectivity index (χ3v) is 7.47. The van der Waals surface area contributed by atoms with Gasteiger partial charge in [-0.1, -0.05) is 6.07 Å². The van der Waals surface area contributed by atoms with E-state index in [1.54, 1.807) is 14.2 Å². The molecule has 2 fully saturated rings. The van der Waals surface area contributed by atoms with Crippen molar-refractivity contribution < 1.29 is 46.1 Å². The van der Waals surface area contributed by atoms with Crippen LogP contribution in [0.2, 0.25) is 0 Å². The number of hydrogen-bond donors (Lipinski definition) is 2. The van der Waals surface area contributed by atoms with Crippen LogP contribution in [0.4, 0.5) is 32.4 Å². The first-order chi connectivity index (χ1) is 18.2. The average molecular weight is 560 g/mol. The normalized spacial score (nSPS) is 22.8. The van der Waals surface area contributed by atoms with Crippen molar-refractivity contribution in [3.8, 4) is 11.5 Å². The van der Waals surface area contributed by atoms with Crippen LogP contribution in [0.25, 0.3) is 0 Å². The highest BCUT2D eigenvalue weighted by molar-refractivity contribution is 5.91. The number of carboxylic acids is 1. The third kappa shape index (κ3) is 6.18. The number of likely N-dealkylation sites (tertiary alicyclic amines) is 1. The summed E-state index contributed by atoms with van der Waals surface area (Å²) in [6.45, 7) is 0.899. The van der Waals surface area contributed by atoms with E-state index in [0.717, 1.165) is 43.1 Å². The Bertz CT molecular complexity index is 1210. The highest BCUT2D eigenvalue weighted by atomic mass is 19.4. The number of likely N-dealkylation sites (N-methyl/N-ethyl adjacent to an activating group) is 1. The third-order valence-electron chi connectivity index (χ3n) is 7.47. The van der Waals surface area contributed by atoms with Crippen LogP contribution < -0.4 is 20.1 Å². The van der Waals surface area contributed by atoms with Crippen molar-refractivity contribution in [2.45, 2.75) is 49.4 Å². The molecule has 4 rings (SSSR count). The zero-order valence-electron chi connectivity index (χ0n) is 21.6. The minimum atomic E-state index is -5.08. The Morgan fingerprint density at radius 3 is 2.28 bits per heavy atom. The van der Waals surface area contributed by atoms with Gasteiger partial charge in [-0.2, -0.15) is 13.2 Å². The zero-order valence-corrected chi connectivity index (χ0v) is 21.6. The van der Waals surface area contributed by atoms with Crippen LogP contribution in [0.15, 0.2) is 36.4 Å². The SMILES string of the molecule is COc1ccc([C@@]23CC[C@@H](N(C(N)=O)c4cc(F)ccc4F)C[C@@H]2N(C)CC3)cc1OC.O=C(O)C(F)(F)F. The van der Waals surface area contributed by atoms with E-state index in [0.29, 0.717) is 24.3 Å². The van der Waals surface area contributed by atoms with E-state index in [9.17, 15) is 26.7 Å². The standard InChI is InChI=1S/C24H29F2N3O3.C2HF3O2/c1-28-11-10-24(15-4-7-20(31-2)21(12-15)32-3)9-8-17(14-22(24)28)29(23(27)30)19-13-16(25)5-6-18(19)26;3-2(4,5)1(6)7/h4-7,12-13,17,22H,8-11,14H2,1-3H3,(H2,27,30);(H,6,7)/t17-,22+,24+;/m1./s1. The Kier molecular flexibility index (Phi) is 8.94. The number of urea groups is 1. The maximum Gasteiger partial charge on any atom is 0.490 e. The van der Waals surface area contributed by atoms with Gasteiger partial charge in [-0.15, -0.1) is 0 Å². The molecular formula is C26H30F5N3O5. The molecule has 39 heavy (non-hydrogen) atoms. The molecule has 0 aromatic heterocycles. The minimum Gasteiger partial charge on any atom is -0.493 e. The molecule has 1 heterocycles. The monoisotopic (exact) mass is 559 g/mol. The lowest BCUT2D eigenvalue weighted by molar-refractivity contribution is -0.192. The summed E-state index contributed by atoms with van der Waals surface area (Å²) in [6.07, 6.45) is -2.12. The van der Waals surface area contributed by atoms with Gasteiger partial charge < -0.3 is 25.2 Å². The summed E-state index contributed by atoms with van der Waals surface area (Å²) >= 11 is 0. The summed E-state index contributed by atoms with van der Waals surface area (Å²) in [5.41, 5.74) is 6.58. The van der Waals surface area contributed by atoms with Gasteiger partial charge >= 0.3 is 18.2 Å². The van der Waals surface area contributed by atoms with E-state index in [-0.39, 0.29) is 23.2 Å². The Balaban J connectivity index is 0.000000532. The number of amides is 2. The van der Waals surface area contributed by atoms with Gasteiger partial charge in [0.15, 0.2) is 11.5 Å². The van der Waals surface area contributed by atoms with Gasteiger partial charge in [-0.25, -0.2) is 18.4 Å². The Labute approximate surface area is 222 Å². The second-order valence-electron chi connectivity index (χ2n) is 9.51. The molecule has 1 saturated carbocycles. The number of benzene rings is 2. The molecule has 214 valence electrons. The number of nitrogens with zero attached hydrogens (tertiary/aromatic N) is 2. The largest absolute Gasteiger partial charge is 0.493 e. The van der Waals surface area contributed by atoms with E-state index in [2.05, 4.69) is 18.0 Å². The summed E-state index contributed by atoms with van der Waals surface area (Å²) in [7, 11) is 5.29. The molecule has 1 saturated heterocycles. The van der Waals surface area contributed by atoms with Crippen LogP contribution in [-0.4, -0.2) is 68.1 Å². The second kappa shape index (κ2) is 11.6. The molecule has 1 aliphatic heterocycles. The molecule has 0 bridgehead atoms. The number of carbonyl (C=O) groups is 2. The molecule has 2 aromatic rings. The molecule has 2 aromatic carbocycles. The number of methoxy groups -OCH3 is 2. The van der Waals surface area contributed by atoms with Gasteiger partial charge in [0.2, 0.25) is 0 Å². The molecule has 1 aliphatic carbocycles. The number of carbonyl (C=O) groups excluding carboxylic acids is 1. The van der Waals surface area contributed by atoms with Crippen LogP contribution in [0.1, 0.15) is 31.2 Å². The number of aliphatic carboxylic acids is 1. The predicted octanol–water partition coefficient (Wildman–Crippen LogP) is 4.70. The van der Waals surface area contributed by atoms with Crippen LogP contribution in [0, 0.1) is 11.6 Å². The van der Waals surface area contributed by atoms with Crippen molar-refractivity contribution in [3.63, 3.8) is 0 Å². The molecule has 0 spiro atoms. The number of halogens is 5. The summed E-state index contributed by atoms with van der Waals surface area (Å²) in [4.78, 5) is 24.8. The van der Waals surface area contributed by atoms with Crippen molar-refractivity contribution in [1.29, 1.82) is 0 Å². The average Bonchev–Trinajstić information content (AvgIpc) is 3.22. The van der Waals surface area contributed by atoms with Gasteiger partial charge in [0.1, 0.15) is 11.6 Å².